The number of aliphatic carboxylic acids is 1. The minimum atomic E-state index is -0.745. The van der Waals surface area contributed by atoms with Crippen LogP contribution in [0.5, 0.6) is 0 Å². The fraction of sp³-hybridized carbons (Fsp3) is 0.800. The van der Waals surface area contributed by atoms with Gasteiger partial charge in [-0.25, -0.2) is 0 Å². The molecule has 0 amide bonds. The molecule has 0 unspecified atom stereocenters. The van der Waals surface area contributed by atoms with Gasteiger partial charge in [0.05, 0.1) is 13.5 Å². The summed E-state index contributed by atoms with van der Waals surface area (Å²) in [5, 5.41) is 22.4. The predicted molar refractivity (Wildman–Crippen MR) is 40.5 cm³/mol. The second kappa shape index (κ2) is 22.8. The molecule has 0 aliphatic heterocycles. The molecule has 6 nitrogen and oxygen atoms in total. The summed E-state index contributed by atoms with van der Waals surface area (Å²) in [6.45, 7) is 1.10. The molecule has 0 aromatic rings. The Morgan fingerprint density at radius 3 is 1.36 bits per heavy atom. The van der Waals surface area contributed by atoms with Crippen molar-refractivity contribution in [3.63, 3.8) is 0 Å². The van der Waals surface area contributed by atoms with Gasteiger partial charge in [0.25, 0.3) is 0 Å². The van der Waals surface area contributed by atoms with Crippen LogP contribution in [0.25, 0.3) is 0 Å². The Bertz CT molecular complexity index is 67.5. The van der Waals surface area contributed by atoms with Gasteiger partial charge >= 0.3 is 5.97 Å². The number of aliphatic hydroxyl groups is 2. The number of carboxylic acid groups (broad SMARTS) is 1. The summed E-state index contributed by atoms with van der Waals surface area (Å²) >= 11 is 0. The Balaban J connectivity index is -0.0000000933. The first-order chi connectivity index (χ1) is 5.10. The minimum absolute atomic E-state index is 0.222. The van der Waals surface area contributed by atoms with Crippen LogP contribution in [0.1, 0.15) is 13.3 Å². The molecule has 11 heavy (non-hydrogen) atoms. The van der Waals surface area contributed by atoms with Crippen molar-refractivity contribution in [1.29, 1.82) is 0 Å². The van der Waals surface area contributed by atoms with Gasteiger partial charge in [-0.2, -0.15) is 0 Å². The predicted octanol–water partition coefficient (Wildman–Crippen LogP) is -1.73. The molecule has 7 N–H and O–H groups in total. The highest BCUT2D eigenvalue weighted by atomic mass is 16.4. The third kappa shape index (κ3) is 290. The topological polar surface area (TPSA) is 130 Å². The molecule has 0 aromatic heterocycles. The van der Waals surface area contributed by atoms with Crippen LogP contribution in [0.4, 0.5) is 0 Å². The fourth-order valence-corrected chi connectivity index (χ4v) is 0. The zero-order valence-corrected chi connectivity index (χ0v) is 6.53. The Kier molecular flexibility index (Phi) is 34.7. The van der Waals surface area contributed by atoms with Gasteiger partial charge in [0.1, 0.15) is 0 Å². The van der Waals surface area contributed by atoms with Gasteiger partial charge in [-0.05, 0) is 0 Å². The molecule has 6 heteroatoms. The summed E-state index contributed by atoms with van der Waals surface area (Å²) in [7, 11) is 0. The van der Waals surface area contributed by atoms with E-state index in [1.807, 2.05) is 0 Å². The number of nitrogens with two attached hydrogens (primary N) is 2. The van der Waals surface area contributed by atoms with Crippen LogP contribution >= 0.6 is 0 Å². The van der Waals surface area contributed by atoms with Crippen molar-refractivity contribution in [1.82, 2.24) is 0 Å². The first-order valence-electron chi connectivity index (χ1n) is 2.94. The highest BCUT2D eigenvalue weighted by Crippen LogP contribution is 1.67. The van der Waals surface area contributed by atoms with Gasteiger partial charge in [0.2, 0.25) is 0 Å². The van der Waals surface area contributed by atoms with Crippen LogP contribution in [0.3, 0.4) is 0 Å². The van der Waals surface area contributed by atoms with Gasteiger partial charge in [0.15, 0.2) is 0 Å². The SMILES string of the molecule is CCC(=O)O.NCO.NCO. The lowest BCUT2D eigenvalue weighted by molar-refractivity contribution is -0.136. The van der Waals surface area contributed by atoms with Gasteiger partial charge in [-0.3, -0.25) is 4.79 Å². The lowest BCUT2D eigenvalue weighted by atomic mass is 10.5. The number of aliphatic hydroxyl groups excluding tert-OH is 2. The van der Waals surface area contributed by atoms with Crippen molar-refractivity contribution in [3.8, 4) is 0 Å². The standard InChI is InChI=1S/C3H6O2.2CH5NO/c1-2-3(4)5;2*2-1-3/h2H2,1H3,(H,4,5);2*3H,1-2H2. The zero-order chi connectivity index (χ0) is 9.70. The molecule has 0 saturated heterocycles. The van der Waals surface area contributed by atoms with E-state index in [1.165, 1.54) is 0 Å². The van der Waals surface area contributed by atoms with E-state index in [2.05, 4.69) is 11.5 Å². The van der Waals surface area contributed by atoms with Crippen LogP contribution in [-0.2, 0) is 4.79 Å². The van der Waals surface area contributed by atoms with Crippen molar-refractivity contribution in [3.05, 3.63) is 0 Å². The van der Waals surface area contributed by atoms with Crippen LogP contribution in [0, 0.1) is 0 Å². The highest BCUT2D eigenvalue weighted by Gasteiger charge is 1.80. The minimum Gasteiger partial charge on any atom is -0.481 e. The maximum absolute atomic E-state index is 9.37. The number of hydrogen-bond acceptors (Lipinski definition) is 5. The summed E-state index contributed by atoms with van der Waals surface area (Å²) in [6, 6.07) is 0. The molecule has 0 heterocycles. The van der Waals surface area contributed by atoms with E-state index in [0.717, 1.165) is 0 Å². The molecule has 0 aliphatic rings. The maximum Gasteiger partial charge on any atom is 0.303 e. The van der Waals surface area contributed by atoms with Crippen molar-refractivity contribution < 1.29 is 20.1 Å². The second-order valence-corrected chi connectivity index (χ2v) is 1.11. The van der Waals surface area contributed by atoms with Gasteiger partial charge < -0.3 is 26.8 Å². The number of carboxylic acids is 1. The monoisotopic (exact) mass is 168 g/mol. The largest absolute Gasteiger partial charge is 0.481 e. The Morgan fingerprint density at radius 1 is 1.27 bits per heavy atom. The fourth-order valence-electron chi connectivity index (χ4n) is 0. The molecular weight excluding hydrogens is 152 g/mol. The number of rotatable bonds is 1. The quantitative estimate of drug-likeness (QED) is 0.296. The molecule has 0 fully saturated rings. The zero-order valence-electron chi connectivity index (χ0n) is 6.53. The summed E-state index contributed by atoms with van der Waals surface area (Å²) < 4.78 is 0. The van der Waals surface area contributed by atoms with E-state index in [0.29, 0.717) is 0 Å². The molecule has 70 valence electrons. The lowest BCUT2D eigenvalue weighted by Crippen LogP contribution is -1.92. The van der Waals surface area contributed by atoms with E-state index in [9.17, 15) is 4.79 Å². The van der Waals surface area contributed by atoms with Crippen LogP contribution in [-0.4, -0.2) is 34.8 Å². The summed E-state index contributed by atoms with van der Waals surface area (Å²) in [6.07, 6.45) is 0.222. The molecule has 0 bridgehead atoms. The van der Waals surface area contributed by atoms with Crippen LogP contribution < -0.4 is 11.5 Å². The molecule has 0 radical (unpaired) electrons. The van der Waals surface area contributed by atoms with E-state index in [4.69, 9.17) is 15.3 Å². The molecule has 0 atom stereocenters. The van der Waals surface area contributed by atoms with Crippen LogP contribution in [0.15, 0.2) is 0 Å². The average Bonchev–Trinajstić information content (AvgIpc) is 1.91. The van der Waals surface area contributed by atoms with E-state index in [-0.39, 0.29) is 19.9 Å². The highest BCUT2D eigenvalue weighted by molar-refractivity contribution is 5.66. The molecular formula is C5H16N2O4. The van der Waals surface area contributed by atoms with E-state index in [1.54, 1.807) is 6.92 Å². The number of hydrogen-bond donors (Lipinski definition) is 5. The first-order valence-corrected chi connectivity index (χ1v) is 2.94. The first kappa shape index (κ1) is 16.7. The summed E-state index contributed by atoms with van der Waals surface area (Å²) in [5.41, 5.74) is 8.81. The van der Waals surface area contributed by atoms with Crippen molar-refractivity contribution in [2.45, 2.75) is 13.3 Å². The molecule has 0 saturated carbocycles. The normalized spacial score (nSPS) is 6.64. The Labute approximate surface area is 65.4 Å². The lowest BCUT2D eigenvalue weighted by Gasteiger charge is -1.71. The Hall–Kier alpha value is -0.690. The molecule has 0 rings (SSSR count). The van der Waals surface area contributed by atoms with Crippen molar-refractivity contribution in [2.75, 3.05) is 13.5 Å². The summed E-state index contributed by atoms with van der Waals surface area (Å²) in [4.78, 5) is 9.37. The number of carbonyl (C=O) groups is 1. The average molecular weight is 168 g/mol. The second-order valence-electron chi connectivity index (χ2n) is 1.11. The van der Waals surface area contributed by atoms with Gasteiger partial charge in [-0.15, -0.1) is 0 Å². The molecule has 0 spiro atoms. The van der Waals surface area contributed by atoms with Crippen molar-refractivity contribution >= 4 is 5.97 Å². The van der Waals surface area contributed by atoms with E-state index < -0.39 is 5.97 Å². The molecule has 0 aromatic carbocycles. The molecule has 0 aliphatic carbocycles. The third-order valence-corrected chi connectivity index (χ3v) is 0.302. The van der Waals surface area contributed by atoms with Crippen LogP contribution in [0.2, 0.25) is 0 Å². The smallest absolute Gasteiger partial charge is 0.303 e. The van der Waals surface area contributed by atoms with Crippen molar-refractivity contribution in [2.24, 2.45) is 11.5 Å². The van der Waals surface area contributed by atoms with E-state index >= 15 is 0 Å². The Morgan fingerprint density at radius 2 is 1.36 bits per heavy atom. The van der Waals surface area contributed by atoms with Gasteiger partial charge in [-0.1, -0.05) is 6.92 Å². The van der Waals surface area contributed by atoms with Gasteiger partial charge in [0, 0.05) is 6.42 Å². The summed E-state index contributed by atoms with van der Waals surface area (Å²) in [5.74, 6) is -0.745. The maximum atomic E-state index is 9.37. The third-order valence-electron chi connectivity index (χ3n) is 0.302.